The smallest absolute Gasteiger partial charge is 0.227 e. The van der Waals surface area contributed by atoms with Gasteiger partial charge in [-0.25, -0.2) is 4.98 Å². The zero-order valence-electron chi connectivity index (χ0n) is 16.9. The molecule has 28 heavy (non-hydrogen) atoms. The number of fused-ring (bicyclic) bond motifs is 1. The molecule has 0 saturated carbocycles. The van der Waals surface area contributed by atoms with E-state index in [9.17, 15) is 4.79 Å². The zero-order chi connectivity index (χ0) is 19.7. The Morgan fingerprint density at radius 3 is 2.25 bits per heavy atom. The average Bonchev–Trinajstić information content (AvgIpc) is 3.18. The van der Waals surface area contributed by atoms with Gasteiger partial charge in [0.15, 0.2) is 5.13 Å². The summed E-state index contributed by atoms with van der Waals surface area (Å²) in [7, 11) is 0. The van der Waals surface area contributed by atoms with Crippen LogP contribution in [0.3, 0.4) is 0 Å². The largest absolute Gasteiger partial charge is 0.345 e. The van der Waals surface area contributed by atoms with Crippen molar-refractivity contribution in [1.82, 2.24) is 9.88 Å². The maximum absolute atomic E-state index is 12.7. The molecule has 1 amide bonds. The molecule has 1 fully saturated rings. The van der Waals surface area contributed by atoms with Crippen LogP contribution in [-0.2, 0) is 17.6 Å². The van der Waals surface area contributed by atoms with E-state index in [2.05, 4.69) is 62.1 Å². The van der Waals surface area contributed by atoms with Crippen molar-refractivity contribution in [3.8, 4) is 0 Å². The number of carbonyl (C=O) groups is 1. The first kappa shape index (κ1) is 18.9. The molecule has 5 heteroatoms. The summed E-state index contributed by atoms with van der Waals surface area (Å²) in [5.74, 6) is 0.222. The van der Waals surface area contributed by atoms with E-state index in [1.54, 1.807) is 11.3 Å². The second-order valence-electron chi connectivity index (χ2n) is 7.59. The molecular formula is C23H27N3OS. The molecule has 0 radical (unpaired) electrons. The van der Waals surface area contributed by atoms with Gasteiger partial charge in [-0.15, -0.1) is 0 Å². The highest BCUT2D eigenvalue weighted by atomic mass is 32.1. The molecule has 0 bridgehead atoms. The van der Waals surface area contributed by atoms with Crippen LogP contribution in [0.5, 0.6) is 0 Å². The fraction of sp³-hybridized carbons (Fsp3) is 0.391. The van der Waals surface area contributed by atoms with E-state index in [-0.39, 0.29) is 5.91 Å². The lowest BCUT2D eigenvalue weighted by molar-refractivity contribution is -0.130. The first-order chi connectivity index (χ1) is 13.5. The molecule has 3 aromatic rings. The van der Waals surface area contributed by atoms with Gasteiger partial charge in [0.05, 0.1) is 16.6 Å². The molecule has 4 rings (SSSR count). The Morgan fingerprint density at radius 2 is 1.61 bits per heavy atom. The summed E-state index contributed by atoms with van der Waals surface area (Å²) >= 11 is 1.77. The number of rotatable bonds is 4. The third-order valence-electron chi connectivity index (χ3n) is 5.62. The molecular weight excluding hydrogens is 366 g/mol. The third-order valence-corrected chi connectivity index (χ3v) is 6.87. The summed E-state index contributed by atoms with van der Waals surface area (Å²) in [5.41, 5.74) is 6.04. The zero-order valence-corrected chi connectivity index (χ0v) is 17.7. The van der Waals surface area contributed by atoms with Crippen LogP contribution in [0.1, 0.15) is 29.2 Å². The SMILES string of the molecule is CCc1ccc(CC(=O)N2CCN(c3nc4c(C)ccc(C)c4s3)CC2)cc1. The average molecular weight is 394 g/mol. The Kier molecular flexibility index (Phi) is 5.36. The molecule has 4 nitrogen and oxygen atoms in total. The van der Waals surface area contributed by atoms with Gasteiger partial charge in [-0.1, -0.05) is 54.7 Å². The van der Waals surface area contributed by atoms with Gasteiger partial charge in [-0.2, -0.15) is 0 Å². The van der Waals surface area contributed by atoms with Gasteiger partial charge < -0.3 is 9.80 Å². The Labute approximate surface area is 170 Å². The molecule has 1 aliphatic rings. The molecule has 146 valence electrons. The molecule has 1 aliphatic heterocycles. The number of nitrogens with zero attached hydrogens (tertiary/aromatic N) is 3. The van der Waals surface area contributed by atoms with Crippen LogP contribution in [0, 0.1) is 13.8 Å². The van der Waals surface area contributed by atoms with Crippen molar-refractivity contribution in [3.63, 3.8) is 0 Å². The molecule has 0 spiro atoms. The molecule has 0 aliphatic carbocycles. The van der Waals surface area contributed by atoms with Gasteiger partial charge in [0.2, 0.25) is 5.91 Å². The first-order valence-corrected chi connectivity index (χ1v) is 10.8. The molecule has 2 aromatic carbocycles. The van der Waals surface area contributed by atoms with Crippen molar-refractivity contribution in [2.75, 3.05) is 31.1 Å². The lowest BCUT2D eigenvalue weighted by atomic mass is 10.1. The van der Waals surface area contributed by atoms with Gasteiger partial charge in [-0.3, -0.25) is 4.79 Å². The minimum atomic E-state index is 0.222. The van der Waals surface area contributed by atoms with Crippen LogP contribution in [0.4, 0.5) is 5.13 Å². The summed E-state index contributed by atoms with van der Waals surface area (Å²) in [6, 6.07) is 12.7. The van der Waals surface area contributed by atoms with Crippen molar-refractivity contribution in [3.05, 3.63) is 58.7 Å². The lowest BCUT2D eigenvalue weighted by Crippen LogP contribution is -2.49. The number of aryl methyl sites for hydroxylation is 3. The molecule has 1 aromatic heterocycles. The lowest BCUT2D eigenvalue weighted by Gasteiger charge is -2.34. The Morgan fingerprint density at radius 1 is 0.964 bits per heavy atom. The highest BCUT2D eigenvalue weighted by molar-refractivity contribution is 7.22. The molecule has 1 saturated heterocycles. The summed E-state index contributed by atoms with van der Waals surface area (Å²) in [4.78, 5) is 21.9. The van der Waals surface area contributed by atoms with Crippen LogP contribution in [-0.4, -0.2) is 42.0 Å². The monoisotopic (exact) mass is 393 g/mol. The summed E-state index contributed by atoms with van der Waals surface area (Å²) in [6.07, 6.45) is 1.52. The number of thiazole rings is 1. The van der Waals surface area contributed by atoms with E-state index in [0.29, 0.717) is 6.42 Å². The highest BCUT2D eigenvalue weighted by Crippen LogP contribution is 2.33. The second-order valence-corrected chi connectivity index (χ2v) is 8.57. The van der Waals surface area contributed by atoms with Crippen LogP contribution in [0.2, 0.25) is 0 Å². The van der Waals surface area contributed by atoms with E-state index in [1.165, 1.54) is 21.4 Å². The summed E-state index contributed by atoms with van der Waals surface area (Å²) in [6.45, 7) is 9.63. The topological polar surface area (TPSA) is 36.4 Å². The van der Waals surface area contributed by atoms with Crippen molar-refractivity contribution >= 4 is 32.6 Å². The number of anilines is 1. The number of hydrogen-bond donors (Lipinski definition) is 0. The molecule has 0 atom stereocenters. The number of hydrogen-bond acceptors (Lipinski definition) is 4. The second kappa shape index (κ2) is 7.92. The molecule has 0 unspecified atom stereocenters. The van der Waals surface area contributed by atoms with Crippen molar-refractivity contribution < 1.29 is 4.79 Å². The van der Waals surface area contributed by atoms with Gasteiger partial charge in [0, 0.05) is 26.2 Å². The Hall–Kier alpha value is -2.40. The molecule has 2 heterocycles. The number of amides is 1. The van der Waals surface area contributed by atoms with E-state index in [1.807, 2.05) is 4.90 Å². The first-order valence-electron chi connectivity index (χ1n) is 10.0. The van der Waals surface area contributed by atoms with Gasteiger partial charge in [-0.05, 0) is 42.5 Å². The maximum Gasteiger partial charge on any atom is 0.227 e. The van der Waals surface area contributed by atoms with Gasteiger partial charge >= 0.3 is 0 Å². The Bertz CT molecular complexity index is 946. The van der Waals surface area contributed by atoms with Gasteiger partial charge in [0.25, 0.3) is 0 Å². The fourth-order valence-corrected chi connectivity index (χ4v) is 4.87. The normalized spacial score (nSPS) is 14.7. The number of aromatic nitrogens is 1. The predicted octanol–water partition coefficient (Wildman–Crippen LogP) is 4.37. The van der Waals surface area contributed by atoms with Crippen LogP contribution < -0.4 is 4.90 Å². The maximum atomic E-state index is 12.7. The standard InChI is InChI=1S/C23H27N3OS/c1-4-18-7-9-19(10-8-18)15-20(27)25-11-13-26(14-12-25)23-24-21-16(2)5-6-17(3)22(21)28-23/h5-10H,4,11-15H2,1-3H3. The van der Waals surface area contributed by atoms with E-state index >= 15 is 0 Å². The predicted molar refractivity (Wildman–Crippen MR) is 117 cm³/mol. The van der Waals surface area contributed by atoms with E-state index in [0.717, 1.165) is 48.8 Å². The summed E-state index contributed by atoms with van der Waals surface area (Å²) in [5, 5.41) is 1.08. The third kappa shape index (κ3) is 3.76. The van der Waals surface area contributed by atoms with E-state index < -0.39 is 0 Å². The Balaban J connectivity index is 1.39. The van der Waals surface area contributed by atoms with Crippen molar-refractivity contribution in [2.24, 2.45) is 0 Å². The number of carbonyl (C=O) groups excluding carboxylic acids is 1. The molecule has 0 N–H and O–H groups in total. The summed E-state index contributed by atoms with van der Waals surface area (Å²) < 4.78 is 1.28. The van der Waals surface area contributed by atoms with Crippen molar-refractivity contribution in [2.45, 2.75) is 33.6 Å². The van der Waals surface area contributed by atoms with Crippen LogP contribution >= 0.6 is 11.3 Å². The minimum absolute atomic E-state index is 0.222. The van der Waals surface area contributed by atoms with Gasteiger partial charge in [0.1, 0.15) is 0 Å². The quantitative estimate of drug-likeness (QED) is 0.660. The van der Waals surface area contributed by atoms with Crippen LogP contribution in [0.15, 0.2) is 36.4 Å². The number of piperazine rings is 1. The minimum Gasteiger partial charge on any atom is -0.345 e. The van der Waals surface area contributed by atoms with Crippen molar-refractivity contribution in [1.29, 1.82) is 0 Å². The number of benzene rings is 2. The van der Waals surface area contributed by atoms with Crippen LogP contribution in [0.25, 0.3) is 10.2 Å². The fourth-order valence-electron chi connectivity index (χ4n) is 3.71. The van der Waals surface area contributed by atoms with E-state index in [4.69, 9.17) is 4.98 Å². The highest BCUT2D eigenvalue weighted by Gasteiger charge is 2.23.